The predicted molar refractivity (Wildman–Crippen MR) is 111 cm³/mol. The maximum atomic E-state index is 11.8. The summed E-state index contributed by atoms with van der Waals surface area (Å²) in [5.41, 5.74) is 2.23. The zero-order chi connectivity index (χ0) is 19.5. The minimum absolute atomic E-state index is 0.128. The summed E-state index contributed by atoms with van der Waals surface area (Å²) in [7, 11) is 1.93. The van der Waals surface area contributed by atoms with Crippen LogP contribution in [-0.2, 0) is 17.8 Å². The largest absolute Gasteiger partial charge is 0.373 e. The number of likely N-dealkylation sites (tertiary alicyclic amines) is 1. The number of carbonyl (C=O) groups is 1. The Labute approximate surface area is 169 Å². The number of nitrogens with zero attached hydrogens (tertiary/aromatic N) is 4. The highest BCUT2D eigenvalue weighted by Crippen LogP contribution is 2.34. The fraction of sp³-hybridized carbons (Fsp3) is 0.773. The van der Waals surface area contributed by atoms with Crippen molar-refractivity contribution in [2.24, 2.45) is 5.92 Å². The Morgan fingerprint density at radius 3 is 2.61 bits per heavy atom. The van der Waals surface area contributed by atoms with Crippen molar-refractivity contribution in [1.29, 1.82) is 0 Å². The zero-order valence-corrected chi connectivity index (χ0v) is 17.5. The Kier molecular flexibility index (Phi) is 6.14. The van der Waals surface area contributed by atoms with Gasteiger partial charge in [0.1, 0.15) is 11.6 Å². The maximum Gasteiger partial charge on any atom is 0.219 e. The molecule has 0 spiro atoms. The van der Waals surface area contributed by atoms with Crippen molar-refractivity contribution >= 4 is 11.7 Å². The lowest BCUT2D eigenvalue weighted by Crippen LogP contribution is -2.39. The third-order valence-corrected chi connectivity index (χ3v) is 6.89. The van der Waals surface area contributed by atoms with Crippen molar-refractivity contribution in [3.63, 3.8) is 0 Å². The van der Waals surface area contributed by atoms with Crippen LogP contribution in [0.25, 0.3) is 0 Å². The Morgan fingerprint density at radius 1 is 1.07 bits per heavy atom. The summed E-state index contributed by atoms with van der Waals surface area (Å²) in [6.45, 7) is 5.41. The second-order valence-electron chi connectivity index (χ2n) is 8.81. The minimum Gasteiger partial charge on any atom is -0.373 e. The first-order valence-electron chi connectivity index (χ1n) is 11.2. The van der Waals surface area contributed by atoms with Gasteiger partial charge in [-0.15, -0.1) is 0 Å². The van der Waals surface area contributed by atoms with Crippen LogP contribution in [0, 0.1) is 5.92 Å². The smallest absolute Gasteiger partial charge is 0.219 e. The van der Waals surface area contributed by atoms with E-state index in [9.17, 15) is 4.79 Å². The second-order valence-corrected chi connectivity index (χ2v) is 8.81. The van der Waals surface area contributed by atoms with E-state index in [4.69, 9.17) is 9.97 Å². The van der Waals surface area contributed by atoms with Gasteiger partial charge < -0.3 is 10.2 Å². The Balaban J connectivity index is 1.57. The van der Waals surface area contributed by atoms with Crippen molar-refractivity contribution in [2.45, 2.75) is 77.3 Å². The van der Waals surface area contributed by atoms with Gasteiger partial charge in [0.2, 0.25) is 5.91 Å². The molecular formula is C22H35N5O. The van der Waals surface area contributed by atoms with Crippen molar-refractivity contribution < 1.29 is 4.79 Å². The van der Waals surface area contributed by atoms with Crippen LogP contribution >= 0.6 is 0 Å². The molecule has 1 saturated carbocycles. The third-order valence-electron chi connectivity index (χ3n) is 6.89. The number of hydrogen-bond acceptors (Lipinski definition) is 5. The molecule has 1 atom stereocenters. The van der Waals surface area contributed by atoms with E-state index < -0.39 is 0 Å². The molecule has 2 aliphatic heterocycles. The van der Waals surface area contributed by atoms with Crippen molar-refractivity contribution in [3.8, 4) is 0 Å². The minimum atomic E-state index is 0.128. The number of piperidine rings is 1. The van der Waals surface area contributed by atoms with E-state index in [1.807, 2.05) is 11.9 Å². The SMILES string of the molecule is CNc1nc(C2CCCCN2CC2CCCCC2)nc2c1CN(C(C)=O)CC2. The molecule has 1 amide bonds. The molecule has 154 valence electrons. The van der Waals surface area contributed by atoms with E-state index in [0.29, 0.717) is 12.6 Å². The molecule has 1 N–H and O–H groups in total. The normalized spacial score (nSPS) is 24.1. The Morgan fingerprint density at radius 2 is 1.86 bits per heavy atom. The summed E-state index contributed by atoms with van der Waals surface area (Å²) in [5.74, 6) is 2.88. The van der Waals surface area contributed by atoms with Crippen LogP contribution in [0.1, 0.15) is 81.4 Å². The molecule has 6 nitrogen and oxygen atoms in total. The summed E-state index contributed by atoms with van der Waals surface area (Å²) in [5, 5.41) is 3.28. The lowest BCUT2D eigenvalue weighted by atomic mass is 9.87. The van der Waals surface area contributed by atoms with E-state index >= 15 is 0 Å². The van der Waals surface area contributed by atoms with Gasteiger partial charge in [0.25, 0.3) is 0 Å². The highest BCUT2D eigenvalue weighted by molar-refractivity contribution is 5.74. The topological polar surface area (TPSA) is 61.4 Å². The molecule has 0 aromatic carbocycles. The van der Waals surface area contributed by atoms with Crippen molar-refractivity contribution in [3.05, 3.63) is 17.1 Å². The van der Waals surface area contributed by atoms with Crippen LogP contribution in [0.5, 0.6) is 0 Å². The van der Waals surface area contributed by atoms with Crippen LogP contribution in [0.15, 0.2) is 0 Å². The first-order chi connectivity index (χ1) is 13.7. The molecule has 3 heterocycles. The van der Waals surface area contributed by atoms with Crippen LogP contribution < -0.4 is 5.32 Å². The highest BCUT2D eigenvalue weighted by atomic mass is 16.2. The van der Waals surface area contributed by atoms with E-state index in [2.05, 4.69) is 10.2 Å². The summed E-state index contributed by atoms with van der Waals surface area (Å²) in [6.07, 6.45) is 11.5. The Hall–Kier alpha value is -1.69. The zero-order valence-electron chi connectivity index (χ0n) is 17.5. The molecule has 4 rings (SSSR count). The number of nitrogens with one attached hydrogen (secondary N) is 1. The monoisotopic (exact) mass is 385 g/mol. The highest BCUT2D eigenvalue weighted by Gasteiger charge is 2.31. The van der Waals surface area contributed by atoms with Gasteiger partial charge in [-0.1, -0.05) is 25.7 Å². The standard InChI is InChI=1S/C22H35N5O/c1-16(28)26-13-11-19-18(15-26)21(23-2)25-22(24-19)20-10-6-7-12-27(20)14-17-8-4-3-5-9-17/h17,20H,3-15H2,1-2H3,(H,23,24,25). The van der Waals surface area contributed by atoms with Crippen LogP contribution in [0.4, 0.5) is 5.82 Å². The molecule has 0 bridgehead atoms. The first kappa shape index (κ1) is 19.6. The van der Waals surface area contributed by atoms with Crippen LogP contribution in [0.2, 0.25) is 0 Å². The lowest BCUT2D eigenvalue weighted by molar-refractivity contribution is -0.129. The van der Waals surface area contributed by atoms with Gasteiger partial charge in [0.05, 0.1) is 18.3 Å². The van der Waals surface area contributed by atoms with E-state index in [-0.39, 0.29) is 5.91 Å². The summed E-state index contributed by atoms with van der Waals surface area (Å²) in [4.78, 5) is 26.4. The average Bonchev–Trinajstić information content (AvgIpc) is 2.73. The molecule has 3 aliphatic rings. The molecule has 1 unspecified atom stereocenters. The molecular weight excluding hydrogens is 350 g/mol. The van der Waals surface area contributed by atoms with Gasteiger partial charge in [-0.2, -0.15) is 0 Å². The van der Waals surface area contributed by atoms with E-state index in [1.54, 1.807) is 6.92 Å². The van der Waals surface area contributed by atoms with Crippen molar-refractivity contribution in [2.75, 3.05) is 32.0 Å². The van der Waals surface area contributed by atoms with Crippen molar-refractivity contribution in [1.82, 2.24) is 19.8 Å². The summed E-state index contributed by atoms with van der Waals surface area (Å²) >= 11 is 0. The van der Waals surface area contributed by atoms with Gasteiger partial charge in [0, 0.05) is 39.0 Å². The molecule has 1 saturated heterocycles. The predicted octanol–water partition coefficient (Wildman–Crippen LogP) is 3.53. The molecule has 1 aromatic heterocycles. The van der Waals surface area contributed by atoms with Gasteiger partial charge in [-0.05, 0) is 38.1 Å². The van der Waals surface area contributed by atoms with Gasteiger partial charge in [-0.25, -0.2) is 9.97 Å². The fourth-order valence-corrected chi connectivity index (χ4v) is 5.26. The summed E-state index contributed by atoms with van der Waals surface area (Å²) < 4.78 is 0. The quantitative estimate of drug-likeness (QED) is 0.859. The van der Waals surface area contributed by atoms with E-state index in [0.717, 1.165) is 48.2 Å². The van der Waals surface area contributed by atoms with E-state index in [1.165, 1.54) is 58.0 Å². The number of fused-ring (bicyclic) bond motifs is 1. The van der Waals surface area contributed by atoms with Crippen LogP contribution in [-0.4, -0.2) is 52.4 Å². The lowest BCUT2D eigenvalue weighted by Gasteiger charge is -2.38. The fourth-order valence-electron chi connectivity index (χ4n) is 5.26. The molecule has 2 fully saturated rings. The number of amides is 1. The first-order valence-corrected chi connectivity index (χ1v) is 11.2. The molecule has 0 radical (unpaired) electrons. The molecule has 6 heteroatoms. The number of hydrogen-bond donors (Lipinski definition) is 1. The van der Waals surface area contributed by atoms with Gasteiger partial charge in [-0.3, -0.25) is 9.69 Å². The molecule has 1 aliphatic carbocycles. The number of carbonyl (C=O) groups excluding carboxylic acids is 1. The number of anilines is 1. The maximum absolute atomic E-state index is 11.8. The number of aromatic nitrogens is 2. The Bertz CT molecular complexity index is 683. The van der Waals surface area contributed by atoms with Gasteiger partial charge >= 0.3 is 0 Å². The average molecular weight is 386 g/mol. The van der Waals surface area contributed by atoms with Crippen LogP contribution in [0.3, 0.4) is 0 Å². The van der Waals surface area contributed by atoms with Gasteiger partial charge in [0.15, 0.2) is 0 Å². The molecule has 1 aromatic rings. The molecule has 28 heavy (non-hydrogen) atoms. The second kappa shape index (κ2) is 8.76. The summed E-state index contributed by atoms with van der Waals surface area (Å²) in [6, 6.07) is 0.346. The third kappa shape index (κ3) is 4.17. The number of rotatable bonds is 4.